The smallest absolute Gasteiger partial charge is 0.256 e. The zero-order valence-corrected chi connectivity index (χ0v) is 16.3. The van der Waals surface area contributed by atoms with Gasteiger partial charge in [0.1, 0.15) is 29.1 Å². The number of carbonyl (C=O) groups excluding carboxylic acids is 1. The first-order chi connectivity index (χ1) is 13.6. The summed E-state index contributed by atoms with van der Waals surface area (Å²) in [5.74, 6) is 2.05. The van der Waals surface area contributed by atoms with Gasteiger partial charge in [-0.05, 0) is 24.3 Å². The molecular weight excluding hydrogens is 358 g/mol. The molecule has 0 spiro atoms. The van der Waals surface area contributed by atoms with Crippen LogP contribution in [0.2, 0.25) is 0 Å². The average Bonchev–Trinajstić information content (AvgIpc) is 3.16. The first kappa shape index (κ1) is 19.3. The van der Waals surface area contributed by atoms with E-state index in [1.54, 1.807) is 38.6 Å². The van der Waals surface area contributed by atoms with E-state index in [2.05, 4.69) is 10.3 Å². The molecule has 7 nitrogen and oxygen atoms in total. The van der Waals surface area contributed by atoms with Crippen molar-refractivity contribution in [2.24, 2.45) is 7.05 Å². The molecule has 1 heterocycles. The van der Waals surface area contributed by atoms with Crippen molar-refractivity contribution in [1.82, 2.24) is 14.9 Å². The number of nitrogens with zero attached hydrogens (tertiary/aromatic N) is 2. The minimum absolute atomic E-state index is 0.311. The minimum atomic E-state index is -0.514. The number of ether oxygens (including phenoxy) is 3. The standard InChI is InChI=1S/C21H23N3O4/c1-24-12-11-22-20(24)19(15-7-5-6-8-17(15)27-3)23-21(25)16-13-14(26-2)9-10-18(16)28-4/h5-13,19H,1-4H3,(H,23,25). The molecule has 0 saturated carbocycles. The summed E-state index contributed by atoms with van der Waals surface area (Å²) in [7, 11) is 6.55. The number of aromatic nitrogens is 2. The second-order valence-corrected chi connectivity index (χ2v) is 6.11. The van der Waals surface area contributed by atoms with Gasteiger partial charge in [-0.15, -0.1) is 0 Å². The molecule has 0 aliphatic carbocycles. The number of methoxy groups -OCH3 is 3. The van der Waals surface area contributed by atoms with Gasteiger partial charge in [0.2, 0.25) is 0 Å². The Morgan fingerprint density at radius 3 is 2.43 bits per heavy atom. The molecule has 7 heteroatoms. The third kappa shape index (κ3) is 3.78. The van der Waals surface area contributed by atoms with Crippen LogP contribution in [-0.2, 0) is 7.05 Å². The number of hydrogen-bond acceptors (Lipinski definition) is 5. The fraction of sp³-hybridized carbons (Fsp3) is 0.238. The number of amides is 1. The molecular formula is C21H23N3O4. The summed E-state index contributed by atoms with van der Waals surface area (Å²) < 4.78 is 18.0. The number of aryl methyl sites for hydroxylation is 1. The van der Waals surface area contributed by atoms with Gasteiger partial charge < -0.3 is 24.1 Å². The maximum atomic E-state index is 13.2. The third-order valence-corrected chi connectivity index (χ3v) is 4.49. The maximum absolute atomic E-state index is 13.2. The first-order valence-electron chi connectivity index (χ1n) is 8.72. The van der Waals surface area contributed by atoms with E-state index in [1.807, 2.05) is 42.1 Å². The van der Waals surface area contributed by atoms with Gasteiger partial charge in [-0.25, -0.2) is 4.98 Å². The molecule has 1 aromatic heterocycles. The molecule has 0 saturated heterocycles. The molecule has 1 unspecified atom stereocenters. The van der Waals surface area contributed by atoms with E-state index in [-0.39, 0.29) is 5.91 Å². The van der Waals surface area contributed by atoms with Gasteiger partial charge in [-0.2, -0.15) is 0 Å². The van der Waals surface area contributed by atoms with E-state index in [9.17, 15) is 4.79 Å². The first-order valence-corrected chi connectivity index (χ1v) is 8.72. The van der Waals surface area contributed by atoms with Crippen molar-refractivity contribution in [3.63, 3.8) is 0 Å². The van der Waals surface area contributed by atoms with Gasteiger partial charge in [-0.3, -0.25) is 4.79 Å². The molecule has 1 amide bonds. The lowest BCUT2D eigenvalue weighted by Gasteiger charge is -2.22. The second-order valence-electron chi connectivity index (χ2n) is 6.11. The summed E-state index contributed by atoms with van der Waals surface area (Å²) in [5, 5.41) is 3.06. The van der Waals surface area contributed by atoms with Crippen LogP contribution in [0.25, 0.3) is 0 Å². The molecule has 0 fully saturated rings. The van der Waals surface area contributed by atoms with E-state index in [0.717, 1.165) is 5.56 Å². The highest BCUT2D eigenvalue weighted by molar-refractivity contribution is 5.97. The molecule has 3 rings (SSSR count). The zero-order chi connectivity index (χ0) is 20.1. The van der Waals surface area contributed by atoms with Crippen LogP contribution >= 0.6 is 0 Å². The SMILES string of the molecule is COc1ccc(OC)c(C(=O)NC(c2ccccc2OC)c2nccn2C)c1. The van der Waals surface area contributed by atoms with Gasteiger partial charge in [0.05, 0.1) is 26.9 Å². The number of benzene rings is 2. The van der Waals surface area contributed by atoms with Gasteiger partial charge in [0.15, 0.2) is 0 Å². The van der Waals surface area contributed by atoms with E-state index in [1.165, 1.54) is 7.11 Å². The Balaban J connectivity index is 2.04. The molecule has 3 aromatic rings. The highest BCUT2D eigenvalue weighted by Gasteiger charge is 2.25. The van der Waals surface area contributed by atoms with Crippen LogP contribution in [0, 0.1) is 0 Å². The number of para-hydroxylation sites is 1. The van der Waals surface area contributed by atoms with Crippen molar-refractivity contribution >= 4 is 5.91 Å². The molecule has 28 heavy (non-hydrogen) atoms. The summed E-state index contributed by atoms with van der Waals surface area (Å²) in [6, 6.07) is 12.1. The Bertz CT molecular complexity index is 968. The topological polar surface area (TPSA) is 74.6 Å². The molecule has 2 aromatic carbocycles. The number of nitrogens with one attached hydrogen (secondary N) is 1. The van der Waals surface area contributed by atoms with Crippen LogP contribution in [0.15, 0.2) is 54.9 Å². The zero-order valence-electron chi connectivity index (χ0n) is 16.3. The lowest BCUT2D eigenvalue weighted by atomic mass is 10.0. The number of rotatable bonds is 7. The quantitative estimate of drug-likeness (QED) is 0.681. The monoisotopic (exact) mass is 381 g/mol. The Kier molecular flexibility index (Phi) is 5.84. The van der Waals surface area contributed by atoms with Gasteiger partial charge in [-0.1, -0.05) is 18.2 Å². The molecule has 0 aliphatic heterocycles. The Labute approximate surface area is 163 Å². The average molecular weight is 381 g/mol. The van der Waals surface area contributed by atoms with Crippen molar-refractivity contribution in [3.05, 3.63) is 71.8 Å². The normalized spacial score (nSPS) is 11.6. The van der Waals surface area contributed by atoms with E-state index < -0.39 is 6.04 Å². The van der Waals surface area contributed by atoms with Crippen molar-refractivity contribution in [2.75, 3.05) is 21.3 Å². The van der Waals surface area contributed by atoms with E-state index >= 15 is 0 Å². The summed E-state index contributed by atoms with van der Waals surface area (Å²) in [6.07, 6.45) is 3.52. The Morgan fingerprint density at radius 2 is 1.79 bits per heavy atom. The fourth-order valence-electron chi connectivity index (χ4n) is 3.04. The molecule has 0 aliphatic rings. The molecule has 1 atom stereocenters. The fourth-order valence-corrected chi connectivity index (χ4v) is 3.04. The molecule has 1 N–H and O–H groups in total. The largest absolute Gasteiger partial charge is 0.497 e. The highest BCUT2D eigenvalue weighted by atomic mass is 16.5. The summed E-state index contributed by atoms with van der Waals surface area (Å²) in [4.78, 5) is 17.6. The number of imidazole rings is 1. The van der Waals surface area contributed by atoms with Crippen LogP contribution in [0.1, 0.15) is 27.8 Å². The summed E-state index contributed by atoms with van der Waals surface area (Å²) >= 11 is 0. The second kappa shape index (κ2) is 8.47. The molecule has 146 valence electrons. The van der Waals surface area contributed by atoms with Gasteiger partial charge in [0, 0.05) is 25.0 Å². The maximum Gasteiger partial charge on any atom is 0.256 e. The van der Waals surface area contributed by atoms with Crippen LogP contribution in [0.4, 0.5) is 0 Å². The van der Waals surface area contributed by atoms with E-state index in [4.69, 9.17) is 14.2 Å². The van der Waals surface area contributed by atoms with Crippen LogP contribution in [0.5, 0.6) is 17.2 Å². The lowest BCUT2D eigenvalue weighted by Crippen LogP contribution is -2.31. The van der Waals surface area contributed by atoms with Crippen LogP contribution < -0.4 is 19.5 Å². The van der Waals surface area contributed by atoms with Crippen LogP contribution in [0.3, 0.4) is 0 Å². The van der Waals surface area contributed by atoms with Crippen molar-refractivity contribution in [2.45, 2.75) is 6.04 Å². The van der Waals surface area contributed by atoms with Crippen molar-refractivity contribution < 1.29 is 19.0 Å². The van der Waals surface area contributed by atoms with Crippen LogP contribution in [-0.4, -0.2) is 36.8 Å². The van der Waals surface area contributed by atoms with Crippen molar-refractivity contribution in [1.29, 1.82) is 0 Å². The number of carbonyl (C=O) groups is 1. The Hall–Kier alpha value is -3.48. The van der Waals surface area contributed by atoms with Gasteiger partial charge >= 0.3 is 0 Å². The predicted octanol–water partition coefficient (Wildman–Crippen LogP) is 2.97. The Morgan fingerprint density at radius 1 is 1.04 bits per heavy atom. The van der Waals surface area contributed by atoms with E-state index in [0.29, 0.717) is 28.6 Å². The molecule has 0 bridgehead atoms. The van der Waals surface area contributed by atoms with Crippen molar-refractivity contribution in [3.8, 4) is 17.2 Å². The summed E-state index contributed by atoms with van der Waals surface area (Å²) in [5.41, 5.74) is 1.17. The third-order valence-electron chi connectivity index (χ3n) is 4.49. The minimum Gasteiger partial charge on any atom is -0.497 e. The lowest BCUT2D eigenvalue weighted by molar-refractivity contribution is 0.0937. The summed E-state index contributed by atoms with van der Waals surface area (Å²) in [6.45, 7) is 0. The predicted molar refractivity (Wildman–Crippen MR) is 105 cm³/mol. The van der Waals surface area contributed by atoms with Gasteiger partial charge in [0.25, 0.3) is 5.91 Å². The number of hydrogen-bond donors (Lipinski definition) is 1. The highest BCUT2D eigenvalue weighted by Crippen LogP contribution is 2.30. The molecule has 0 radical (unpaired) electrons.